The second-order valence-corrected chi connectivity index (χ2v) is 7.69. The molecule has 1 N–H and O–H groups in total. The summed E-state index contributed by atoms with van der Waals surface area (Å²) in [5, 5.41) is 2.90. The number of rotatable bonds is 5. The van der Waals surface area contributed by atoms with E-state index >= 15 is 0 Å². The van der Waals surface area contributed by atoms with Gasteiger partial charge in [-0.15, -0.1) is 0 Å². The summed E-state index contributed by atoms with van der Waals surface area (Å²) in [4.78, 5) is 23.6. The van der Waals surface area contributed by atoms with Gasteiger partial charge >= 0.3 is 12.1 Å². The minimum absolute atomic E-state index is 0.0102. The minimum atomic E-state index is -0.521. The van der Waals surface area contributed by atoms with Crippen LogP contribution in [0.1, 0.15) is 61.3 Å². The lowest BCUT2D eigenvalue weighted by atomic mass is 9.88. The Balaban J connectivity index is 2.57. The van der Waals surface area contributed by atoms with E-state index in [0.717, 1.165) is 6.42 Å². The standard InChI is InChI=1S/C19H33NO5/c1-8-23-17(21)12(2)9-10-16-13(3)11-15(14(4)24-16)20-18(22)25-19(5,6)7/h9,13-16H,8,10-11H2,1-7H3,(H,20,22)/b12-9+/t13-,14+,15+,16-/m0/s1. The van der Waals surface area contributed by atoms with Gasteiger partial charge in [-0.2, -0.15) is 0 Å². The predicted molar refractivity (Wildman–Crippen MR) is 96.3 cm³/mol. The molecule has 0 spiro atoms. The van der Waals surface area contributed by atoms with Gasteiger partial charge in [0.05, 0.1) is 24.9 Å². The third-order valence-electron chi connectivity index (χ3n) is 4.17. The van der Waals surface area contributed by atoms with E-state index in [1.54, 1.807) is 13.8 Å². The van der Waals surface area contributed by atoms with Gasteiger partial charge in [0.25, 0.3) is 0 Å². The molecule has 0 unspecified atom stereocenters. The van der Waals surface area contributed by atoms with Crippen LogP contribution in [0.25, 0.3) is 0 Å². The molecule has 1 amide bonds. The summed E-state index contributed by atoms with van der Waals surface area (Å²) in [6.45, 7) is 13.5. The summed E-state index contributed by atoms with van der Waals surface area (Å²) in [7, 11) is 0. The van der Waals surface area contributed by atoms with E-state index in [1.807, 2.05) is 33.8 Å². The van der Waals surface area contributed by atoms with E-state index in [0.29, 0.717) is 18.6 Å². The van der Waals surface area contributed by atoms with Crippen molar-refractivity contribution in [2.45, 2.75) is 85.2 Å². The van der Waals surface area contributed by atoms with Crippen molar-refractivity contribution in [3.05, 3.63) is 11.6 Å². The fourth-order valence-corrected chi connectivity index (χ4v) is 2.79. The van der Waals surface area contributed by atoms with E-state index < -0.39 is 11.7 Å². The highest BCUT2D eigenvalue weighted by Gasteiger charge is 2.34. The number of hydrogen-bond donors (Lipinski definition) is 1. The van der Waals surface area contributed by atoms with Gasteiger partial charge in [-0.05, 0) is 60.3 Å². The molecule has 0 aromatic carbocycles. The Morgan fingerprint density at radius 3 is 2.48 bits per heavy atom. The van der Waals surface area contributed by atoms with Crippen molar-refractivity contribution < 1.29 is 23.8 Å². The van der Waals surface area contributed by atoms with Crippen LogP contribution in [-0.4, -0.2) is 42.5 Å². The van der Waals surface area contributed by atoms with E-state index in [2.05, 4.69) is 12.2 Å². The van der Waals surface area contributed by atoms with Crippen LogP contribution in [0.3, 0.4) is 0 Å². The zero-order valence-electron chi connectivity index (χ0n) is 16.5. The number of esters is 1. The van der Waals surface area contributed by atoms with Gasteiger partial charge in [-0.3, -0.25) is 0 Å². The van der Waals surface area contributed by atoms with Crippen LogP contribution in [-0.2, 0) is 19.0 Å². The van der Waals surface area contributed by atoms with Gasteiger partial charge in [-0.1, -0.05) is 13.0 Å². The van der Waals surface area contributed by atoms with E-state index in [9.17, 15) is 9.59 Å². The Kier molecular flexibility index (Phi) is 7.93. The lowest BCUT2D eigenvalue weighted by Gasteiger charge is -2.39. The summed E-state index contributed by atoms with van der Waals surface area (Å²) in [6, 6.07) is -0.0868. The highest BCUT2D eigenvalue weighted by molar-refractivity contribution is 5.87. The summed E-state index contributed by atoms with van der Waals surface area (Å²) in [5.74, 6) is -0.0362. The molecule has 25 heavy (non-hydrogen) atoms. The van der Waals surface area contributed by atoms with Crippen molar-refractivity contribution in [3.63, 3.8) is 0 Å². The molecule has 0 saturated carbocycles. The Labute approximate surface area is 151 Å². The lowest BCUT2D eigenvalue weighted by Crippen LogP contribution is -2.51. The van der Waals surface area contributed by atoms with Crippen molar-refractivity contribution >= 4 is 12.1 Å². The van der Waals surface area contributed by atoms with Crippen molar-refractivity contribution in [1.29, 1.82) is 0 Å². The highest BCUT2D eigenvalue weighted by atomic mass is 16.6. The third kappa shape index (κ3) is 7.46. The molecule has 6 nitrogen and oxygen atoms in total. The molecule has 0 aromatic rings. The fraction of sp³-hybridized carbons (Fsp3) is 0.789. The second-order valence-electron chi connectivity index (χ2n) is 7.69. The summed E-state index contributed by atoms with van der Waals surface area (Å²) in [6.07, 6.45) is 2.79. The highest BCUT2D eigenvalue weighted by Crippen LogP contribution is 2.28. The number of carbonyl (C=O) groups excluding carboxylic acids is 2. The number of ether oxygens (including phenoxy) is 3. The van der Waals surface area contributed by atoms with Gasteiger partial charge in [-0.25, -0.2) is 9.59 Å². The first-order chi connectivity index (χ1) is 11.5. The van der Waals surface area contributed by atoms with Crippen LogP contribution in [0.2, 0.25) is 0 Å². The Bertz CT molecular complexity index is 495. The largest absolute Gasteiger partial charge is 0.463 e. The van der Waals surface area contributed by atoms with Crippen LogP contribution in [0.5, 0.6) is 0 Å². The first-order valence-electron chi connectivity index (χ1n) is 9.02. The van der Waals surface area contributed by atoms with Crippen molar-refractivity contribution in [1.82, 2.24) is 5.32 Å². The molecule has 1 aliphatic heterocycles. The molecule has 0 radical (unpaired) electrons. The summed E-state index contributed by atoms with van der Waals surface area (Å²) < 4.78 is 16.4. The predicted octanol–water partition coefficient (Wildman–Crippen LogP) is 3.59. The SMILES string of the molecule is CCOC(=O)/C(C)=C/C[C@@H]1O[C@H](C)[C@H](NC(=O)OC(C)(C)C)C[C@@H]1C. The quantitative estimate of drug-likeness (QED) is 0.602. The normalized spacial score (nSPS) is 27.6. The monoisotopic (exact) mass is 355 g/mol. The maximum absolute atomic E-state index is 12.0. The molecule has 6 heteroatoms. The molecule has 1 heterocycles. The zero-order chi connectivity index (χ0) is 19.2. The van der Waals surface area contributed by atoms with Crippen molar-refractivity contribution in [3.8, 4) is 0 Å². The molecular formula is C19H33NO5. The Hall–Kier alpha value is -1.56. The van der Waals surface area contributed by atoms with Crippen LogP contribution in [0, 0.1) is 5.92 Å². The minimum Gasteiger partial charge on any atom is -0.463 e. The summed E-state index contributed by atoms with van der Waals surface area (Å²) in [5.41, 5.74) is 0.0752. The molecule has 1 saturated heterocycles. The smallest absolute Gasteiger partial charge is 0.407 e. The summed E-state index contributed by atoms with van der Waals surface area (Å²) >= 11 is 0. The molecule has 1 fully saturated rings. The fourth-order valence-electron chi connectivity index (χ4n) is 2.79. The first kappa shape index (κ1) is 21.5. The van der Waals surface area contributed by atoms with Crippen molar-refractivity contribution in [2.75, 3.05) is 6.61 Å². The van der Waals surface area contributed by atoms with E-state index in [4.69, 9.17) is 14.2 Å². The van der Waals surface area contributed by atoms with Gasteiger partial charge in [0.15, 0.2) is 0 Å². The van der Waals surface area contributed by atoms with Crippen LogP contribution in [0.15, 0.2) is 11.6 Å². The van der Waals surface area contributed by atoms with E-state index in [-0.39, 0.29) is 30.1 Å². The molecule has 0 aromatic heterocycles. The number of hydrogen-bond acceptors (Lipinski definition) is 5. The van der Waals surface area contributed by atoms with Gasteiger partial charge in [0, 0.05) is 5.57 Å². The molecular weight excluding hydrogens is 322 g/mol. The van der Waals surface area contributed by atoms with E-state index in [1.165, 1.54) is 0 Å². The molecule has 1 rings (SSSR count). The van der Waals surface area contributed by atoms with Crippen LogP contribution in [0.4, 0.5) is 4.79 Å². The van der Waals surface area contributed by atoms with Gasteiger partial charge in [0.1, 0.15) is 5.60 Å². The number of carbonyl (C=O) groups is 2. The Morgan fingerprint density at radius 1 is 1.28 bits per heavy atom. The molecule has 0 aliphatic carbocycles. The number of nitrogens with one attached hydrogen (secondary N) is 1. The maximum Gasteiger partial charge on any atom is 0.407 e. The van der Waals surface area contributed by atoms with Crippen LogP contribution >= 0.6 is 0 Å². The molecule has 4 atom stereocenters. The van der Waals surface area contributed by atoms with Crippen molar-refractivity contribution in [2.24, 2.45) is 5.92 Å². The molecule has 0 bridgehead atoms. The lowest BCUT2D eigenvalue weighted by molar-refractivity contribution is -0.138. The first-order valence-corrected chi connectivity index (χ1v) is 9.02. The zero-order valence-corrected chi connectivity index (χ0v) is 16.5. The molecule has 1 aliphatic rings. The average Bonchev–Trinajstić information content (AvgIpc) is 2.47. The number of alkyl carbamates (subject to hydrolysis) is 1. The topological polar surface area (TPSA) is 73.9 Å². The van der Waals surface area contributed by atoms with Gasteiger partial charge < -0.3 is 19.5 Å². The van der Waals surface area contributed by atoms with Gasteiger partial charge in [0.2, 0.25) is 0 Å². The second kappa shape index (κ2) is 9.22. The third-order valence-corrected chi connectivity index (χ3v) is 4.17. The number of amides is 1. The molecule has 144 valence electrons. The van der Waals surface area contributed by atoms with Crippen LogP contribution < -0.4 is 5.32 Å². The average molecular weight is 355 g/mol. The Morgan fingerprint density at radius 2 is 1.92 bits per heavy atom. The maximum atomic E-state index is 12.0.